The Balaban J connectivity index is 2.12. The van der Waals surface area contributed by atoms with Crippen LogP contribution in [0.3, 0.4) is 0 Å². The molecule has 1 aromatic carbocycles. The summed E-state index contributed by atoms with van der Waals surface area (Å²) < 4.78 is 0. The summed E-state index contributed by atoms with van der Waals surface area (Å²) in [4.78, 5) is 13.0. The van der Waals surface area contributed by atoms with Gasteiger partial charge in [-0.3, -0.25) is 4.79 Å². The van der Waals surface area contributed by atoms with Crippen LogP contribution < -0.4 is 0 Å². The van der Waals surface area contributed by atoms with Crippen molar-refractivity contribution in [2.75, 3.05) is 0 Å². The SMILES string of the molecule is CCCCC1CC(=O)c2ccccc2S1. The highest BCUT2D eigenvalue weighted by Crippen LogP contribution is 2.37. The number of thioether (sulfide) groups is 1. The van der Waals surface area contributed by atoms with Crippen LogP contribution in [0.2, 0.25) is 0 Å². The van der Waals surface area contributed by atoms with Gasteiger partial charge in [-0.1, -0.05) is 38.0 Å². The van der Waals surface area contributed by atoms with Crippen LogP contribution in [-0.4, -0.2) is 11.0 Å². The van der Waals surface area contributed by atoms with E-state index in [1.807, 2.05) is 30.0 Å². The molecular weight excluding hydrogens is 204 g/mol. The summed E-state index contributed by atoms with van der Waals surface area (Å²) in [5.74, 6) is 0.324. The predicted molar refractivity (Wildman–Crippen MR) is 64.6 cm³/mol. The Hall–Kier alpha value is -0.760. The van der Waals surface area contributed by atoms with E-state index in [-0.39, 0.29) is 0 Å². The first-order valence-corrected chi connectivity index (χ1v) is 6.48. The average Bonchev–Trinajstić information content (AvgIpc) is 2.26. The smallest absolute Gasteiger partial charge is 0.165 e. The molecule has 1 nitrogen and oxygen atoms in total. The fraction of sp³-hybridized carbons (Fsp3) is 0.462. The standard InChI is InChI=1S/C13H16OS/c1-2-3-6-10-9-12(14)11-7-4-5-8-13(11)15-10/h4-5,7-8,10H,2-3,6,9H2,1H3. The summed E-state index contributed by atoms with van der Waals surface area (Å²) >= 11 is 1.88. The van der Waals surface area contributed by atoms with Crippen molar-refractivity contribution in [1.82, 2.24) is 0 Å². The Morgan fingerprint density at radius 3 is 3.00 bits per heavy atom. The van der Waals surface area contributed by atoms with Gasteiger partial charge in [-0.2, -0.15) is 0 Å². The molecule has 2 heteroatoms. The number of benzene rings is 1. The first-order valence-electron chi connectivity index (χ1n) is 5.60. The number of hydrogen-bond donors (Lipinski definition) is 0. The van der Waals surface area contributed by atoms with Crippen LogP contribution in [0.25, 0.3) is 0 Å². The minimum Gasteiger partial charge on any atom is -0.294 e. The van der Waals surface area contributed by atoms with Crippen LogP contribution >= 0.6 is 11.8 Å². The van der Waals surface area contributed by atoms with Crippen LogP contribution in [0, 0.1) is 0 Å². The second-order valence-electron chi connectivity index (χ2n) is 4.01. The van der Waals surface area contributed by atoms with E-state index in [0.29, 0.717) is 11.0 Å². The highest BCUT2D eigenvalue weighted by Gasteiger charge is 2.24. The van der Waals surface area contributed by atoms with Crippen LogP contribution in [0.5, 0.6) is 0 Å². The van der Waals surface area contributed by atoms with E-state index >= 15 is 0 Å². The van der Waals surface area contributed by atoms with Crippen molar-refractivity contribution in [3.05, 3.63) is 29.8 Å². The fourth-order valence-corrected chi connectivity index (χ4v) is 3.27. The zero-order valence-electron chi connectivity index (χ0n) is 9.03. The number of ketones is 1. The van der Waals surface area contributed by atoms with Gasteiger partial charge in [-0.15, -0.1) is 11.8 Å². The number of rotatable bonds is 3. The third-order valence-corrected chi connectivity index (χ3v) is 4.12. The lowest BCUT2D eigenvalue weighted by atomic mass is 10.0. The lowest BCUT2D eigenvalue weighted by molar-refractivity contribution is 0.0975. The number of hydrogen-bond acceptors (Lipinski definition) is 2. The maximum Gasteiger partial charge on any atom is 0.165 e. The van der Waals surface area contributed by atoms with E-state index < -0.39 is 0 Å². The molecule has 1 unspecified atom stereocenters. The second-order valence-corrected chi connectivity index (χ2v) is 5.35. The van der Waals surface area contributed by atoms with E-state index in [0.717, 1.165) is 12.0 Å². The summed E-state index contributed by atoms with van der Waals surface area (Å²) in [5, 5.41) is 0.507. The number of fused-ring (bicyclic) bond motifs is 1. The maximum absolute atomic E-state index is 11.8. The Labute approximate surface area is 95.3 Å². The van der Waals surface area contributed by atoms with Crippen molar-refractivity contribution >= 4 is 17.5 Å². The van der Waals surface area contributed by atoms with E-state index in [9.17, 15) is 4.79 Å². The lowest BCUT2D eigenvalue weighted by Gasteiger charge is -2.22. The normalized spacial score (nSPS) is 20.1. The topological polar surface area (TPSA) is 17.1 Å². The average molecular weight is 220 g/mol. The molecule has 80 valence electrons. The summed E-state index contributed by atoms with van der Waals surface area (Å²) in [7, 11) is 0. The van der Waals surface area contributed by atoms with Crippen LogP contribution in [-0.2, 0) is 0 Å². The third kappa shape index (κ3) is 2.43. The maximum atomic E-state index is 11.8. The van der Waals surface area contributed by atoms with Crippen molar-refractivity contribution < 1.29 is 4.79 Å². The summed E-state index contributed by atoms with van der Waals surface area (Å²) in [6, 6.07) is 7.97. The molecule has 0 bridgehead atoms. The molecular formula is C13H16OS. The Morgan fingerprint density at radius 2 is 2.20 bits per heavy atom. The van der Waals surface area contributed by atoms with Gasteiger partial charge in [0.1, 0.15) is 0 Å². The fourth-order valence-electron chi connectivity index (χ4n) is 1.93. The van der Waals surface area contributed by atoms with Crippen LogP contribution in [0.15, 0.2) is 29.2 Å². The molecule has 0 saturated carbocycles. The molecule has 1 atom stereocenters. The Kier molecular flexibility index (Phi) is 3.47. The van der Waals surface area contributed by atoms with Crippen molar-refractivity contribution in [1.29, 1.82) is 0 Å². The number of unbranched alkanes of at least 4 members (excludes halogenated alkanes) is 1. The van der Waals surface area contributed by atoms with Crippen molar-refractivity contribution in [2.45, 2.75) is 42.8 Å². The zero-order valence-corrected chi connectivity index (χ0v) is 9.85. The van der Waals surface area contributed by atoms with E-state index in [1.165, 1.54) is 24.2 Å². The molecule has 1 heterocycles. The van der Waals surface area contributed by atoms with E-state index in [1.54, 1.807) is 0 Å². The van der Waals surface area contributed by atoms with Gasteiger partial charge in [-0.25, -0.2) is 0 Å². The van der Waals surface area contributed by atoms with Gasteiger partial charge in [-0.05, 0) is 12.5 Å². The van der Waals surface area contributed by atoms with Crippen LogP contribution in [0.1, 0.15) is 43.0 Å². The summed E-state index contributed by atoms with van der Waals surface area (Å²) in [6.45, 7) is 2.20. The van der Waals surface area contributed by atoms with Crippen molar-refractivity contribution in [3.8, 4) is 0 Å². The molecule has 0 aliphatic carbocycles. The van der Waals surface area contributed by atoms with Crippen molar-refractivity contribution in [3.63, 3.8) is 0 Å². The molecule has 0 aromatic heterocycles. The molecule has 1 aliphatic heterocycles. The van der Waals surface area contributed by atoms with Gasteiger partial charge in [0, 0.05) is 22.1 Å². The molecule has 0 spiro atoms. The van der Waals surface area contributed by atoms with Gasteiger partial charge in [0.15, 0.2) is 5.78 Å². The van der Waals surface area contributed by atoms with Crippen LogP contribution in [0.4, 0.5) is 0 Å². The molecule has 2 rings (SSSR count). The number of carbonyl (C=O) groups is 1. The highest BCUT2D eigenvalue weighted by molar-refractivity contribution is 8.00. The molecule has 1 aliphatic rings. The molecule has 0 radical (unpaired) electrons. The first kappa shape index (κ1) is 10.7. The summed E-state index contributed by atoms with van der Waals surface area (Å²) in [6.07, 6.45) is 4.34. The minimum atomic E-state index is 0.324. The molecule has 1 aromatic rings. The largest absolute Gasteiger partial charge is 0.294 e. The minimum absolute atomic E-state index is 0.324. The number of Topliss-reactive ketones (excluding diaryl/α,β-unsaturated/α-hetero) is 1. The number of carbonyl (C=O) groups excluding carboxylic acids is 1. The molecule has 0 fully saturated rings. The van der Waals surface area contributed by atoms with Gasteiger partial charge < -0.3 is 0 Å². The van der Waals surface area contributed by atoms with E-state index in [4.69, 9.17) is 0 Å². The Morgan fingerprint density at radius 1 is 1.40 bits per heavy atom. The first-order chi connectivity index (χ1) is 7.31. The molecule has 0 amide bonds. The predicted octanol–water partition coefficient (Wildman–Crippen LogP) is 3.92. The Bertz CT molecular complexity index is 359. The van der Waals surface area contributed by atoms with Gasteiger partial charge in [0.25, 0.3) is 0 Å². The molecule has 0 N–H and O–H groups in total. The lowest BCUT2D eigenvalue weighted by Crippen LogP contribution is -2.17. The monoisotopic (exact) mass is 220 g/mol. The summed E-state index contributed by atoms with van der Waals surface area (Å²) in [5.41, 5.74) is 0.926. The molecule has 15 heavy (non-hydrogen) atoms. The van der Waals surface area contributed by atoms with Gasteiger partial charge in [0.2, 0.25) is 0 Å². The highest BCUT2D eigenvalue weighted by atomic mass is 32.2. The van der Waals surface area contributed by atoms with Gasteiger partial charge in [0.05, 0.1) is 0 Å². The zero-order chi connectivity index (χ0) is 10.7. The van der Waals surface area contributed by atoms with Gasteiger partial charge >= 0.3 is 0 Å². The molecule has 0 saturated heterocycles. The van der Waals surface area contributed by atoms with E-state index in [2.05, 4.69) is 13.0 Å². The quantitative estimate of drug-likeness (QED) is 0.768. The third-order valence-electron chi connectivity index (χ3n) is 2.77. The second kappa shape index (κ2) is 4.84. The van der Waals surface area contributed by atoms with Crippen molar-refractivity contribution in [2.24, 2.45) is 0 Å².